The summed E-state index contributed by atoms with van der Waals surface area (Å²) < 4.78 is 19.0. The number of hydrogen-bond acceptors (Lipinski definition) is 8. The highest BCUT2D eigenvalue weighted by Gasteiger charge is 2.47. The lowest BCUT2D eigenvalue weighted by atomic mass is 9.77. The smallest absolute Gasteiger partial charge is 0.507 e. The molecule has 0 saturated carbocycles. The maximum absolute atomic E-state index is 12.7. The van der Waals surface area contributed by atoms with Crippen molar-refractivity contribution in [1.29, 1.82) is 0 Å². The van der Waals surface area contributed by atoms with Gasteiger partial charge in [-0.2, -0.15) is 0 Å². The Bertz CT molecular complexity index is 931. The van der Waals surface area contributed by atoms with E-state index in [1.165, 1.54) is 33.5 Å². The van der Waals surface area contributed by atoms with Crippen LogP contribution in [0.1, 0.15) is 12.0 Å². The molecule has 1 N–H and O–H groups in total. The molecule has 0 bridgehead atoms. The van der Waals surface area contributed by atoms with Gasteiger partial charge in [0.2, 0.25) is 0 Å². The Hall–Kier alpha value is -3.55. The Labute approximate surface area is 174 Å². The van der Waals surface area contributed by atoms with Gasteiger partial charge < -0.3 is 24.1 Å². The summed E-state index contributed by atoms with van der Waals surface area (Å²) in [6.07, 6.45) is 2.12. The van der Waals surface area contributed by atoms with Gasteiger partial charge in [-0.3, -0.25) is 9.59 Å². The summed E-state index contributed by atoms with van der Waals surface area (Å²) in [5, 5.41) is 11.4. The third-order valence-electron chi connectivity index (χ3n) is 4.73. The summed E-state index contributed by atoms with van der Waals surface area (Å²) in [5.74, 6) is -1.42. The quantitative estimate of drug-likeness (QED) is 0.303. The van der Waals surface area contributed by atoms with Crippen LogP contribution in [0.4, 0.5) is 4.79 Å². The van der Waals surface area contributed by atoms with Gasteiger partial charge in [-0.05, 0) is 23.4 Å². The molecule has 2 aromatic rings. The van der Waals surface area contributed by atoms with Gasteiger partial charge in [-0.15, -0.1) is 0 Å². The van der Waals surface area contributed by atoms with Crippen LogP contribution in [-0.4, -0.2) is 51.1 Å². The molecular weight excluding hydrogens is 392 g/mol. The van der Waals surface area contributed by atoms with E-state index in [4.69, 9.17) is 14.2 Å². The standard InChI is InChI=1S/C22H24O8/c1-27-19(24)22(20(25)28-2,12-6-7-13-30-21(26)29-3)14-15-10-11-18(23)17-9-5-4-8-16(15)17/h4-11,23H,12-14H2,1-3H3/b7-6+. The van der Waals surface area contributed by atoms with Crippen LogP contribution < -0.4 is 0 Å². The molecule has 30 heavy (non-hydrogen) atoms. The Kier molecular flexibility index (Phi) is 7.80. The molecule has 0 unspecified atom stereocenters. The average Bonchev–Trinajstić information content (AvgIpc) is 2.78. The lowest BCUT2D eigenvalue weighted by Gasteiger charge is -2.28. The average molecular weight is 416 g/mol. The van der Waals surface area contributed by atoms with E-state index >= 15 is 0 Å². The fraction of sp³-hybridized carbons (Fsp3) is 0.318. The van der Waals surface area contributed by atoms with Crippen LogP contribution in [0, 0.1) is 5.41 Å². The van der Waals surface area contributed by atoms with E-state index in [9.17, 15) is 19.5 Å². The number of benzene rings is 2. The molecule has 0 aromatic heterocycles. The monoisotopic (exact) mass is 416 g/mol. The van der Waals surface area contributed by atoms with Crippen molar-refractivity contribution >= 4 is 28.9 Å². The van der Waals surface area contributed by atoms with Gasteiger partial charge in [0.25, 0.3) is 0 Å². The van der Waals surface area contributed by atoms with E-state index in [0.29, 0.717) is 16.3 Å². The highest BCUT2D eigenvalue weighted by atomic mass is 16.7. The van der Waals surface area contributed by atoms with Crippen molar-refractivity contribution in [3.05, 3.63) is 54.1 Å². The van der Waals surface area contributed by atoms with Crippen LogP contribution >= 0.6 is 0 Å². The molecule has 0 heterocycles. The normalized spacial score (nSPS) is 11.3. The van der Waals surface area contributed by atoms with Crippen molar-refractivity contribution in [3.8, 4) is 5.75 Å². The number of allylic oxidation sites excluding steroid dienone is 1. The van der Waals surface area contributed by atoms with E-state index in [1.54, 1.807) is 36.4 Å². The zero-order valence-electron chi connectivity index (χ0n) is 17.0. The highest BCUT2D eigenvalue weighted by molar-refractivity contribution is 6.01. The molecule has 0 atom stereocenters. The van der Waals surface area contributed by atoms with E-state index in [2.05, 4.69) is 4.74 Å². The van der Waals surface area contributed by atoms with Gasteiger partial charge in [0.1, 0.15) is 12.4 Å². The van der Waals surface area contributed by atoms with E-state index < -0.39 is 23.5 Å². The van der Waals surface area contributed by atoms with Crippen LogP contribution in [0.15, 0.2) is 48.6 Å². The number of phenols is 1. The Morgan fingerprint density at radius 2 is 1.53 bits per heavy atom. The summed E-state index contributed by atoms with van der Waals surface area (Å²) in [4.78, 5) is 36.5. The first kappa shape index (κ1) is 22.7. The molecule has 0 amide bonds. The topological polar surface area (TPSA) is 108 Å². The van der Waals surface area contributed by atoms with Gasteiger partial charge >= 0.3 is 18.1 Å². The molecule has 0 fully saturated rings. The molecule has 0 aliphatic rings. The van der Waals surface area contributed by atoms with Crippen molar-refractivity contribution in [1.82, 2.24) is 0 Å². The minimum absolute atomic E-state index is 0.0185. The molecule has 0 radical (unpaired) electrons. The van der Waals surface area contributed by atoms with E-state index in [1.807, 2.05) is 0 Å². The molecular formula is C22H24O8. The predicted molar refractivity (Wildman–Crippen MR) is 108 cm³/mol. The molecule has 2 rings (SSSR count). The van der Waals surface area contributed by atoms with E-state index in [-0.39, 0.29) is 25.2 Å². The summed E-state index contributed by atoms with van der Waals surface area (Å²) in [6, 6.07) is 10.3. The number of hydrogen-bond donors (Lipinski definition) is 1. The van der Waals surface area contributed by atoms with Crippen molar-refractivity contribution in [2.45, 2.75) is 12.8 Å². The molecule has 0 aliphatic heterocycles. The zero-order chi connectivity index (χ0) is 22.1. The summed E-state index contributed by atoms with van der Waals surface area (Å²) in [6.45, 7) is -0.0900. The molecule has 0 spiro atoms. The summed E-state index contributed by atoms with van der Waals surface area (Å²) >= 11 is 0. The first-order valence-electron chi connectivity index (χ1n) is 9.11. The van der Waals surface area contributed by atoms with Crippen LogP contribution in [0.5, 0.6) is 5.75 Å². The van der Waals surface area contributed by atoms with Crippen LogP contribution in [-0.2, 0) is 35.0 Å². The molecule has 8 heteroatoms. The number of rotatable bonds is 8. The predicted octanol–water partition coefficient (Wildman–Crippen LogP) is 3.15. The second-order valence-corrected chi connectivity index (χ2v) is 6.47. The van der Waals surface area contributed by atoms with Crippen LogP contribution in [0.2, 0.25) is 0 Å². The first-order valence-corrected chi connectivity index (χ1v) is 9.11. The Morgan fingerprint density at radius 1 is 0.900 bits per heavy atom. The number of fused-ring (bicyclic) bond motifs is 1. The lowest BCUT2D eigenvalue weighted by molar-refractivity contribution is -0.168. The van der Waals surface area contributed by atoms with Crippen LogP contribution in [0.25, 0.3) is 10.8 Å². The molecule has 8 nitrogen and oxygen atoms in total. The number of esters is 2. The number of carbonyl (C=O) groups is 3. The minimum Gasteiger partial charge on any atom is -0.507 e. The first-order chi connectivity index (χ1) is 14.4. The third kappa shape index (κ3) is 4.89. The van der Waals surface area contributed by atoms with Gasteiger partial charge in [0.05, 0.1) is 21.3 Å². The lowest BCUT2D eigenvalue weighted by Crippen LogP contribution is -2.43. The van der Waals surface area contributed by atoms with Crippen molar-refractivity contribution < 1.29 is 38.4 Å². The van der Waals surface area contributed by atoms with E-state index in [0.717, 1.165) is 0 Å². The largest absolute Gasteiger partial charge is 0.508 e. The zero-order valence-corrected chi connectivity index (χ0v) is 17.0. The van der Waals surface area contributed by atoms with Crippen molar-refractivity contribution in [2.24, 2.45) is 5.41 Å². The fourth-order valence-corrected chi connectivity index (χ4v) is 3.21. The maximum atomic E-state index is 12.7. The second kappa shape index (κ2) is 10.3. The molecule has 0 saturated heterocycles. The van der Waals surface area contributed by atoms with Crippen molar-refractivity contribution in [3.63, 3.8) is 0 Å². The second-order valence-electron chi connectivity index (χ2n) is 6.47. The Balaban J connectivity index is 2.42. The maximum Gasteiger partial charge on any atom is 0.508 e. The van der Waals surface area contributed by atoms with Gasteiger partial charge in [-0.25, -0.2) is 4.79 Å². The van der Waals surface area contributed by atoms with Gasteiger partial charge in [0.15, 0.2) is 5.41 Å². The Morgan fingerprint density at radius 3 is 2.13 bits per heavy atom. The van der Waals surface area contributed by atoms with Gasteiger partial charge in [-0.1, -0.05) is 42.5 Å². The summed E-state index contributed by atoms with van der Waals surface area (Å²) in [7, 11) is 3.58. The molecule has 160 valence electrons. The summed E-state index contributed by atoms with van der Waals surface area (Å²) in [5.41, 5.74) is -0.997. The van der Waals surface area contributed by atoms with Crippen LogP contribution in [0.3, 0.4) is 0 Å². The SMILES string of the molecule is COC(=O)OC/C=C/CC(Cc1ccc(O)c2ccccc12)(C(=O)OC)C(=O)OC. The number of methoxy groups -OCH3 is 3. The number of carbonyl (C=O) groups excluding carboxylic acids is 3. The molecule has 2 aromatic carbocycles. The minimum atomic E-state index is -1.66. The molecule has 0 aliphatic carbocycles. The number of ether oxygens (including phenoxy) is 4. The number of aromatic hydroxyl groups is 1. The van der Waals surface area contributed by atoms with Gasteiger partial charge in [0, 0.05) is 11.8 Å². The fourth-order valence-electron chi connectivity index (χ4n) is 3.21. The number of phenolic OH excluding ortho intramolecular Hbond substituents is 1. The highest BCUT2D eigenvalue weighted by Crippen LogP contribution is 2.36. The third-order valence-corrected chi connectivity index (χ3v) is 4.73. The van der Waals surface area contributed by atoms with Crippen molar-refractivity contribution in [2.75, 3.05) is 27.9 Å².